The van der Waals surface area contributed by atoms with Crippen molar-refractivity contribution in [1.29, 1.82) is 0 Å². The van der Waals surface area contributed by atoms with E-state index in [-0.39, 0.29) is 12.0 Å². The second-order valence-corrected chi connectivity index (χ2v) is 5.85. The Morgan fingerprint density at radius 2 is 2.44 bits per heavy atom. The van der Waals surface area contributed by atoms with Gasteiger partial charge in [-0.25, -0.2) is 0 Å². The summed E-state index contributed by atoms with van der Waals surface area (Å²) in [6.45, 7) is 2.16. The SMILES string of the molecule is O=C(O)CC1(NCc2sccc2Br)CNC1. The Labute approximate surface area is 106 Å². The maximum Gasteiger partial charge on any atom is 0.305 e. The Morgan fingerprint density at radius 3 is 2.88 bits per heavy atom. The summed E-state index contributed by atoms with van der Waals surface area (Å²) < 4.78 is 1.09. The van der Waals surface area contributed by atoms with Crippen molar-refractivity contribution in [3.05, 3.63) is 20.8 Å². The molecular weight excluding hydrogens is 292 g/mol. The molecule has 4 nitrogen and oxygen atoms in total. The number of nitrogens with one attached hydrogen (secondary N) is 2. The molecule has 16 heavy (non-hydrogen) atoms. The van der Waals surface area contributed by atoms with E-state index in [9.17, 15) is 4.79 Å². The lowest BCUT2D eigenvalue weighted by atomic mass is 9.88. The first-order valence-electron chi connectivity index (χ1n) is 5.01. The molecule has 1 aliphatic rings. The summed E-state index contributed by atoms with van der Waals surface area (Å²) in [6.07, 6.45) is 0.170. The molecule has 3 N–H and O–H groups in total. The molecule has 0 radical (unpaired) electrons. The number of carbonyl (C=O) groups is 1. The van der Waals surface area contributed by atoms with Crippen LogP contribution in [0.4, 0.5) is 0 Å². The smallest absolute Gasteiger partial charge is 0.305 e. The highest BCUT2D eigenvalue weighted by atomic mass is 79.9. The maximum absolute atomic E-state index is 10.8. The fourth-order valence-electron chi connectivity index (χ4n) is 1.75. The zero-order chi connectivity index (χ0) is 11.6. The number of aliphatic carboxylic acids is 1. The number of carboxylic acids is 1. The van der Waals surface area contributed by atoms with Crippen molar-refractivity contribution in [1.82, 2.24) is 10.6 Å². The van der Waals surface area contributed by atoms with Gasteiger partial charge in [-0.3, -0.25) is 4.79 Å². The largest absolute Gasteiger partial charge is 0.481 e. The molecular formula is C10H13BrN2O2S. The third-order valence-corrected chi connectivity index (χ3v) is 4.66. The van der Waals surface area contributed by atoms with Gasteiger partial charge in [-0.1, -0.05) is 0 Å². The van der Waals surface area contributed by atoms with Crippen LogP contribution in [0.25, 0.3) is 0 Å². The standard InChI is InChI=1S/C10H13BrN2O2S/c11-7-1-2-16-8(7)4-13-10(3-9(14)15)5-12-6-10/h1-2,12-13H,3-6H2,(H,14,15). The predicted molar refractivity (Wildman–Crippen MR) is 66.7 cm³/mol. The first kappa shape index (κ1) is 12.0. The summed E-state index contributed by atoms with van der Waals surface area (Å²) in [4.78, 5) is 12.0. The molecule has 0 spiro atoms. The molecule has 1 fully saturated rings. The topological polar surface area (TPSA) is 61.4 Å². The van der Waals surface area contributed by atoms with Gasteiger partial charge in [-0.05, 0) is 27.4 Å². The first-order chi connectivity index (χ1) is 7.61. The van der Waals surface area contributed by atoms with Crippen molar-refractivity contribution in [2.45, 2.75) is 18.5 Å². The molecule has 0 amide bonds. The molecule has 2 rings (SSSR count). The second-order valence-electron chi connectivity index (χ2n) is 4.00. The number of rotatable bonds is 5. The zero-order valence-electron chi connectivity index (χ0n) is 8.62. The van der Waals surface area contributed by atoms with E-state index in [1.165, 1.54) is 4.88 Å². The van der Waals surface area contributed by atoms with Crippen LogP contribution in [-0.4, -0.2) is 29.7 Å². The summed E-state index contributed by atoms with van der Waals surface area (Å²) in [6, 6.07) is 2.00. The van der Waals surface area contributed by atoms with Gasteiger partial charge in [0.15, 0.2) is 0 Å². The highest BCUT2D eigenvalue weighted by Crippen LogP contribution is 2.24. The summed E-state index contributed by atoms with van der Waals surface area (Å²) in [5, 5.41) is 17.3. The molecule has 0 saturated carbocycles. The molecule has 1 aromatic heterocycles. The second kappa shape index (κ2) is 4.83. The quantitative estimate of drug-likeness (QED) is 0.770. The lowest BCUT2D eigenvalue weighted by Gasteiger charge is -2.42. The van der Waals surface area contributed by atoms with Gasteiger partial charge in [0.2, 0.25) is 0 Å². The lowest BCUT2D eigenvalue weighted by molar-refractivity contribution is -0.139. The number of hydrogen-bond donors (Lipinski definition) is 3. The molecule has 6 heteroatoms. The maximum atomic E-state index is 10.8. The van der Waals surface area contributed by atoms with Gasteiger partial charge >= 0.3 is 5.97 Å². The van der Waals surface area contributed by atoms with E-state index in [4.69, 9.17) is 5.11 Å². The third-order valence-electron chi connectivity index (χ3n) is 2.73. The van der Waals surface area contributed by atoms with Crippen molar-refractivity contribution >= 4 is 33.2 Å². The van der Waals surface area contributed by atoms with Gasteiger partial charge in [0.05, 0.1) is 12.0 Å². The van der Waals surface area contributed by atoms with Crippen molar-refractivity contribution in [3.8, 4) is 0 Å². The predicted octanol–water partition coefficient (Wildman–Crippen LogP) is 1.42. The molecule has 1 saturated heterocycles. The monoisotopic (exact) mass is 304 g/mol. The summed E-state index contributed by atoms with van der Waals surface area (Å²) in [5.41, 5.74) is -0.269. The van der Waals surface area contributed by atoms with Crippen LogP contribution in [0.2, 0.25) is 0 Å². The molecule has 0 atom stereocenters. The molecule has 0 unspecified atom stereocenters. The van der Waals surface area contributed by atoms with Gasteiger partial charge in [0, 0.05) is 29.0 Å². The zero-order valence-corrected chi connectivity index (χ0v) is 11.0. The number of carboxylic acid groups (broad SMARTS) is 1. The number of thiophene rings is 1. The van der Waals surface area contributed by atoms with Crippen LogP contribution in [-0.2, 0) is 11.3 Å². The fraction of sp³-hybridized carbons (Fsp3) is 0.500. The molecule has 0 aromatic carbocycles. The minimum absolute atomic E-state index is 0.170. The number of hydrogen-bond acceptors (Lipinski definition) is 4. The van der Waals surface area contributed by atoms with Crippen LogP contribution < -0.4 is 10.6 Å². The minimum Gasteiger partial charge on any atom is -0.481 e. The van der Waals surface area contributed by atoms with E-state index in [1.54, 1.807) is 11.3 Å². The Morgan fingerprint density at radius 1 is 1.69 bits per heavy atom. The molecule has 88 valence electrons. The van der Waals surface area contributed by atoms with Gasteiger partial charge in [0.25, 0.3) is 0 Å². The Hall–Kier alpha value is -0.430. The van der Waals surface area contributed by atoms with Crippen LogP contribution in [0.5, 0.6) is 0 Å². The average molecular weight is 305 g/mol. The minimum atomic E-state index is -0.751. The molecule has 0 bridgehead atoms. The van der Waals surface area contributed by atoms with Crippen molar-refractivity contribution in [2.24, 2.45) is 0 Å². The van der Waals surface area contributed by atoms with Crippen molar-refractivity contribution < 1.29 is 9.90 Å². The van der Waals surface area contributed by atoms with Gasteiger partial charge in [-0.2, -0.15) is 0 Å². The Kier molecular flexibility index (Phi) is 3.63. The van der Waals surface area contributed by atoms with Crippen molar-refractivity contribution in [2.75, 3.05) is 13.1 Å². The highest BCUT2D eigenvalue weighted by molar-refractivity contribution is 9.10. The molecule has 2 heterocycles. The summed E-state index contributed by atoms with van der Waals surface area (Å²) >= 11 is 5.13. The Balaban J connectivity index is 1.93. The van der Waals surface area contributed by atoms with Crippen LogP contribution in [0.3, 0.4) is 0 Å². The fourth-order valence-corrected chi connectivity index (χ4v) is 3.18. The van der Waals surface area contributed by atoms with Gasteiger partial charge < -0.3 is 15.7 Å². The molecule has 1 aliphatic heterocycles. The van der Waals surface area contributed by atoms with Gasteiger partial charge in [-0.15, -0.1) is 11.3 Å². The van der Waals surface area contributed by atoms with E-state index in [2.05, 4.69) is 26.6 Å². The van der Waals surface area contributed by atoms with Crippen molar-refractivity contribution in [3.63, 3.8) is 0 Å². The normalized spacial score (nSPS) is 18.1. The first-order valence-corrected chi connectivity index (χ1v) is 6.68. The van der Waals surface area contributed by atoms with Crippen LogP contribution >= 0.6 is 27.3 Å². The highest BCUT2D eigenvalue weighted by Gasteiger charge is 2.38. The van der Waals surface area contributed by atoms with E-state index in [1.807, 2.05) is 11.4 Å². The third kappa shape index (κ3) is 2.63. The molecule has 1 aromatic rings. The lowest BCUT2D eigenvalue weighted by Crippen LogP contribution is -2.68. The van der Waals surface area contributed by atoms with E-state index in [0.29, 0.717) is 6.54 Å². The average Bonchev–Trinajstić information content (AvgIpc) is 2.55. The van der Waals surface area contributed by atoms with Crippen LogP contribution in [0.1, 0.15) is 11.3 Å². The van der Waals surface area contributed by atoms with E-state index in [0.717, 1.165) is 17.6 Å². The summed E-state index contributed by atoms with van der Waals surface area (Å²) in [5.74, 6) is -0.751. The van der Waals surface area contributed by atoms with Crippen LogP contribution in [0, 0.1) is 0 Å². The summed E-state index contributed by atoms with van der Waals surface area (Å²) in [7, 11) is 0. The number of halogens is 1. The van der Waals surface area contributed by atoms with Gasteiger partial charge in [0.1, 0.15) is 0 Å². The Bertz CT molecular complexity index is 390. The van der Waals surface area contributed by atoms with E-state index >= 15 is 0 Å². The molecule has 0 aliphatic carbocycles. The van der Waals surface area contributed by atoms with Crippen LogP contribution in [0.15, 0.2) is 15.9 Å². The van der Waals surface area contributed by atoms with E-state index < -0.39 is 5.97 Å².